The zero-order chi connectivity index (χ0) is 12.3. The first-order chi connectivity index (χ1) is 8.33. The van der Waals surface area contributed by atoms with Crippen molar-refractivity contribution in [2.24, 2.45) is 0 Å². The zero-order valence-electron chi connectivity index (χ0n) is 10.5. The number of anilines is 1. The molecule has 1 unspecified atom stereocenters. The van der Waals surface area contributed by atoms with E-state index in [1.54, 1.807) is 11.3 Å². The first-order valence-electron chi connectivity index (χ1n) is 6.34. The maximum Gasteiger partial charge on any atom is 0.0945 e. The van der Waals surface area contributed by atoms with Gasteiger partial charge in [-0.25, -0.2) is 0 Å². The molecule has 4 heteroatoms. The van der Waals surface area contributed by atoms with Gasteiger partial charge in [-0.2, -0.15) is 11.3 Å². The molecule has 0 aliphatic heterocycles. The van der Waals surface area contributed by atoms with Crippen LogP contribution in [0.3, 0.4) is 0 Å². The number of hydrogen-bond donors (Lipinski definition) is 2. The molecule has 0 aromatic carbocycles. The first-order valence-corrected chi connectivity index (χ1v) is 7.29. The van der Waals surface area contributed by atoms with Gasteiger partial charge in [-0.1, -0.05) is 26.2 Å². The molecule has 1 aromatic heterocycles. The molecule has 1 heterocycles. The molecule has 0 fully saturated rings. The summed E-state index contributed by atoms with van der Waals surface area (Å²) in [6.07, 6.45) is 4.40. The number of ether oxygens (including phenoxy) is 1. The summed E-state index contributed by atoms with van der Waals surface area (Å²) in [6.45, 7) is 3.92. The Morgan fingerprint density at radius 2 is 2.29 bits per heavy atom. The Labute approximate surface area is 108 Å². The van der Waals surface area contributed by atoms with Crippen LogP contribution in [0.25, 0.3) is 0 Å². The maximum atomic E-state index is 9.67. The lowest BCUT2D eigenvalue weighted by Gasteiger charge is -2.12. The molecule has 1 atom stereocenters. The summed E-state index contributed by atoms with van der Waals surface area (Å²) in [5.74, 6) is 0. The Balaban J connectivity index is 1.92. The molecule has 1 rings (SSSR count). The molecule has 2 N–H and O–H groups in total. The number of rotatable bonds is 10. The average Bonchev–Trinajstić information content (AvgIpc) is 2.84. The average molecular weight is 257 g/mol. The monoisotopic (exact) mass is 257 g/mol. The summed E-state index contributed by atoms with van der Waals surface area (Å²) in [4.78, 5) is 0. The maximum absolute atomic E-state index is 9.67. The van der Waals surface area contributed by atoms with Gasteiger partial charge in [0.05, 0.1) is 12.7 Å². The highest BCUT2D eigenvalue weighted by Crippen LogP contribution is 2.11. The summed E-state index contributed by atoms with van der Waals surface area (Å²) in [6, 6.07) is 2.00. The Morgan fingerprint density at radius 3 is 3.00 bits per heavy atom. The van der Waals surface area contributed by atoms with Gasteiger partial charge in [-0.15, -0.1) is 0 Å². The molecule has 1 aromatic rings. The van der Waals surface area contributed by atoms with Crippen molar-refractivity contribution in [3.05, 3.63) is 16.8 Å². The third-order valence-corrected chi connectivity index (χ3v) is 3.20. The van der Waals surface area contributed by atoms with Gasteiger partial charge in [0.2, 0.25) is 0 Å². The molecule has 0 aliphatic carbocycles. The van der Waals surface area contributed by atoms with Gasteiger partial charge in [0.15, 0.2) is 0 Å². The van der Waals surface area contributed by atoms with E-state index >= 15 is 0 Å². The number of aliphatic hydroxyl groups excluding tert-OH is 1. The van der Waals surface area contributed by atoms with Crippen LogP contribution in [0.5, 0.6) is 0 Å². The summed E-state index contributed by atoms with van der Waals surface area (Å²) in [7, 11) is 0. The van der Waals surface area contributed by atoms with Crippen molar-refractivity contribution in [1.29, 1.82) is 0 Å². The van der Waals surface area contributed by atoms with E-state index in [-0.39, 0.29) is 0 Å². The van der Waals surface area contributed by atoms with Crippen molar-refractivity contribution in [3.63, 3.8) is 0 Å². The lowest BCUT2D eigenvalue weighted by Crippen LogP contribution is -2.24. The van der Waals surface area contributed by atoms with Crippen LogP contribution in [0.15, 0.2) is 16.8 Å². The van der Waals surface area contributed by atoms with Gasteiger partial charge >= 0.3 is 0 Å². The summed E-state index contributed by atoms with van der Waals surface area (Å²) < 4.78 is 5.42. The van der Waals surface area contributed by atoms with Crippen molar-refractivity contribution in [1.82, 2.24) is 0 Å². The minimum Gasteiger partial charge on any atom is -0.389 e. The Morgan fingerprint density at radius 1 is 1.41 bits per heavy atom. The Bertz CT molecular complexity index is 264. The highest BCUT2D eigenvalue weighted by molar-refractivity contribution is 7.08. The van der Waals surface area contributed by atoms with Crippen molar-refractivity contribution in [3.8, 4) is 0 Å². The van der Waals surface area contributed by atoms with Crippen LogP contribution in [0.1, 0.15) is 32.6 Å². The van der Waals surface area contributed by atoms with Gasteiger partial charge in [0, 0.05) is 24.2 Å². The van der Waals surface area contributed by atoms with Crippen molar-refractivity contribution < 1.29 is 9.84 Å². The molecule has 17 heavy (non-hydrogen) atoms. The molecular formula is C13H23NO2S. The first kappa shape index (κ1) is 14.5. The summed E-state index contributed by atoms with van der Waals surface area (Å²) in [5, 5.41) is 16.9. The predicted octanol–water partition coefficient (Wildman–Crippen LogP) is 3.12. The lowest BCUT2D eigenvalue weighted by molar-refractivity contribution is 0.0417. The number of unbranched alkanes of at least 4 members (excludes halogenated alkanes) is 3. The van der Waals surface area contributed by atoms with Crippen LogP contribution in [-0.2, 0) is 4.74 Å². The van der Waals surface area contributed by atoms with E-state index in [2.05, 4.69) is 12.2 Å². The van der Waals surface area contributed by atoms with E-state index in [9.17, 15) is 5.11 Å². The molecule has 98 valence electrons. The van der Waals surface area contributed by atoms with Crippen LogP contribution in [-0.4, -0.2) is 31.0 Å². The van der Waals surface area contributed by atoms with E-state index < -0.39 is 6.10 Å². The van der Waals surface area contributed by atoms with Crippen LogP contribution >= 0.6 is 11.3 Å². The van der Waals surface area contributed by atoms with Crippen LogP contribution < -0.4 is 5.32 Å². The van der Waals surface area contributed by atoms with Crippen molar-refractivity contribution in [2.75, 3.05) is 25.1 Å². The molecule has 0 saturated carbocycles. The molecule has 0 spiro atoms. The van der Waals surface area contributed by atoms with E-state index in [4.69, 9.17) is 4.74 Å². The quantitative estimate of drug-likeness (QED) is 0.633. The molecule has 0 saturated heterocycles. The van der Waals surface area contributed by atoms with Crippen LogP contribution in [0.4, 0.5) is 5.69 Å². The smallest absolute Gasteiger partial charge is 0.0945 e. The molecule has 0 amide bonds. The second-order valence-corrected chi connectivity index (χ2v) is 4.96. The van der Waals surface area contributed by atoms with Crippen molar-refractivity contribution >= 4 is 17.0 Å². The standard InChI is InChI=1S/C13H23NO2S/c1-2-3-4-5-7-16-10-13(15)9-14-12-6-8-17-11-12/h6,8,11,13-15H,2-5,7,9-10H2,1H3. The second-order valence-electron chi connectivity index (χ2n) is 4.18. The van der Waals surface area contributed by atoms with Gasteiger partial charge in [0.25, 0.3) is 0 Å². The Hall–Kier alpha value is -0.580. The zero-order valence-corrected chi connectivity index (χ0v) is 11.3. The fraction of sp³-hybridized carbons (Fsp3) is 0.692. The third kappa shape index (κ3) is 7.36. The van der Waals surface area contributed by atoms with Gasteiger partial charge in [0.1, 0.15) is 0 Å². The predicted molar refractivity (Wildman–Crippen MR) is 73.8 cm³/mol. The number of thiophene rings is 1. The van der Waals surface area contributed by atoms with E-state index in [1.165, 1.54) is 19.3 Å². The summed E-state index contributed by atoms with van der Waals surface area (Å²) >= 11 is 1.64. The van der Waals surface area contributed by atoms with E-state index in [0.29, 0.717) is 13.2 Å². The molecule has 0 aliphatic rings. The SMILES string of the molecule is CCCCCCOCC(O)CNc1ccsc1. The normalized spacial score (nSPS) is 12.6. The Kier molecular flexibility index (Phi) is 8.05. The fourth-order valence-corrected chi connectivity index (χ4v) is 2.12. The fourth-order valence-electron chi connectivity index (χ4n) is 1.51. The van der Waals surface area contributed by atoms with E-state index in [0.717, 1.165) is 18.7 Å². The van der Waals surface area contributed by atoms with Crippen molar-refractivity contribution in [2.45, 2.75) is 38.7 Å². The minimum absolute atomic E-state index is 0.420. The highest BCUT2D eigenvalue weighted by Gasteiger charge is 2.03. The van der Waals surface area contributed by atoms with Gasteiger partial charge in [-0.05, 0) is 17.9 Å². The molecular weight excluding hydrogens is 234 g/mol. The minimum atomic E-state index is -0.430. The molecule has 0 bridgehead atoms. The van der Waals surface area contributed by atoms with Gasteiger partial charge < -0.3 is 15.2 Å². The lowest BCUT2D eigenvalue weighted by atomic mass is 10.2. The number of hydrogen-bond acceptors (Lipinski definition) is 4. The summed E-state index contributed by atoms with van der Waals surface area (Å²) in [5.41, 5.74) is 1.07. The molecule has 0 radical (unpaired) electrons. The topological polar surface area (TPSA) is 41.5 Å². The van der Waals surface area contributed by atoms with Crippen LogP contribution in [0, 0.1) is 0 Å². The number of nitrogens with one attached hydrogen (secondary N) is 1. The van der Waals surface area contributed by atoms with E-state index in [1.807, 2.05) is 16.8 Å². The van der Waals surface area contributed by atoms with Crippen LogP contribution in [0.2, 0.25) is 0 Å². The number of aliphatic hydroxyl groups is 1. The highest BCUT2D eigenvalue weighted by atomic mass is 32.1. The molecule has 3 nitrogen and oxygen atoms in total. The largest absolute Gasteiger partial charge is 0.389 e. The second kappa shape index (κ2) is 9.45. The third-order valence-electron chi connectivity index (χ3n) is 2.52. The van der Waals surface area contributed by atoms with Gasteiger partial charge in [-0.3, -0.25) is 0 Å².